The van der Waals surface area contributed by atoms with Crippen LogP contribution in [0.15, 0.2) is 47.3 Å². The van der Waals surface area contributed by atoms with Crippen molar-refractivity contribution in [1.82, 2.24) is 14.9 Å². The summed E-state index contributed by atoms with van der Waals surface area (Å²) in [7, 11) is 1.96. The quantitative estimate of drug-likeness (QED) is 0.648. The van der Waals surface area contributed by atoms with Gasteiger partial charge >= 0.3 is 0 Å². The number of thiocarbonyl (C=S) groups is 1. The summed E-state index contributed by atoms with van der Waals surface area (Å²) < 4.78 is 0.802. The predicted molar refractivity (Wildman–Crippen MR) is 114 cm³/mol. The van der Waals surface area contributed by atoms with Gasteiger partial charge in [0.2, 0.25) is 0 Å². The zero-order valence-corrected chi connectivity index (χ0v) is 16.8. The van der Waals surface area contributed by atoms with Gasteiger partial charge in [0.05, 0.1) is 10.9 Å². The molecule has 0 bridgehead atoms. The van der Waals surface area contributed by atoms with Crippen molar-refractivity contribution in [3.05, 3.63) is 74.8 Å². The first-order valence-corrected chi connectivity index (χ1v) is 9.81. The van der Waals surface area contributed by atoms with Crippen molar-refractivity contribution in [2.45, 2.75) is 19.2 Å². The van der Waals surface area contributed by atoms with Crippen molar-refractivity contribution in [3.8, 4) is 0 Å². The summed E-state index contributed by atoms with van der Waals surface area (Å²) in [5, 5.41) is 1.33. The summed E-state index contributed by atoms with van der Waals surface area (Å²) >= 11 is 13.0. The minimum atomic E-state index is -0.114. The first-order valence-electron chi connectivity index (χ1n) is 8.04. The van der Waals surface area contributed by atoms with E-state index in [0.29, 0.717) is 23.3 Å². The van der Waals surface area contributed by atoms with E-state index in [0.717, 1.165) is 20.7 Å². The number of rotatable bonds is 4. The summed E-state index contributed by atoms with van der Waals surface area (Å²) in [4.78, 5) is 21.2. The molecular formula is C19H18ClN3OS2. The number of fused-ring (bicyclic) bond motifs is 1. The summed E-state index contributed by atoms with van der Waals surface area (Å²) in [6.07, 6.45) is 0. The topological polar surface area (TPSA) is 49.0 Å². The van der Waals surface area contributed by atoms with Crippen LogP contribution in [0, 0.1) is 6.92 Å². The van der Waals surface area contributed by atoms with E-state index in [1.165, 1.54) is 5.56 Å². The molecule has 0 spiro atoms. The highest BCUT2D eigenvalue weighted by molar-refractivity contribution is 8.22. The molecule has 0 atom stereocenters. The fourth-order valence-corrected chi connectivity index (χ4v) is 3.71. The van der Waals surface area contributed by atoms with Gasteiger partial charge in [-0.05, 0) is 42.3 Å². The van der Waals surface area contributed by atoms with Gasteiger partial charge in [-0.25, -0.2) is 4.98 Å². The van der Waals surface area contributed by atoms with E-state index < -0.39 is 0 Å². The lowest BCUT2D eigenvalue weighted by molar-refractivity contribution is 0.519. The van der Waals surface area contributed by atoms with Crippen LogP contribution in [-0.4, -0.2) is 26.2 Å². The van der Waals surface area contributed by atoms with E-state index >= 15 is 0 Å². The van der Waals surface area contributed by atoms with E-state index in [2.05, 4.69) is 9.97 Å². The molecule has 26 heavy (non-hydrogen) atoms. The second kappa shape index (κ2) is 8.20. The molecule has 0 radical (unpaired) electrons. The molecule has 1 aromatic heterocycles. The summed E-state index contributed by atoms with van der Waals surface area (Å²) in [6.45, 7) is 2.41. The molecule has 0 saturated carbocycles. The van der Waals surface area contributed by atoms with Crippen LogP contribution in [0.3, 0.4) is 0 Å². The van der Waals surface area contributed by atoms with Crippen molar-refractivity contribution in [2.24, 2.45) is 0 Å². The number of nitrogens with one attached hydrogen (secondary N) is 1. The van der Waals surface area contributed by atoms with E-state index in [9.17, 15) is 4.79 Å². The van der Waals surface area contributed by atoms with E-state index in [-0.39, 0.29) is 5.56 Å². The molecule has 2 aromatic carbocycles. The van der Waals surface area contributed by atoms with Crippen molar-refractivity contribution >= 4 is 50.8 Å². The van der Waals surface area contributed by atoms with Crippen molar-refractivity contribution in [3.63, 3.8) is 0 Å². The van der Waals surface area contributed by atoms with Crippen molar-refractivity contribution in [1.29, 1.82) is 0 Å². The Bertz CT molecular complexity index is 1000. The Hall–Kier alpha value is -1.89. The SMILES string of the molecule is Cc1nc2ccc(CN(C)C(=S)SCc3ccc(Cl)cc3)cc2c(=O)[nH]1. The third-order valence-electron chi connectivity index (χ3n) is 3.90. The lowest BCUT2D eigenvalue weighted by Crippen LogP contribution is -2.22. The van der Waals surface area contributed by atoms with Gasteiger partial charge in [0.15, 0.2) is 0 Å². The number of benzene rings is 2. The van der Waals surface area contributed by atoms with Crippen LogP contribution in [0.25, 0.3) is 10.9 Å². The van der Waals surface area contributed by atoms with E-state index in [1.54, 1.807) is 18.7 Å². The van der Waals surface area contributed by atoms with Crippen LogP contribution < -0.4 is 5.56 Å². The monoisotopic (exact) mass is 403 g/mol. The number of hydrogen-bond acceptors (Lipinski definition) is 4. The smallest absolute Gasteiger partial charge is 0.258 e. The fraction of sp³-hybridized carbons (Fsp3) is 0.211. The predicted octanol–water partition coefficient (Wildman–Crippen LogP) is 4.54. The Morgan fingerprint density at radius 1 is 1.23 bits per heavy atom. The highest BCUT2D eigenvalue weighted by Gasteiger charge is 2.09. The van der Waals surface area contributed by atoms with Gasteiger partial charge in [0.25, 0.3) is 5.56 Å². The fourth-order valence-electron chi connectivity index (χ4n) is 2.58. The van der Waals surface area contributed by atoms with E-state index in [4.69, 9.17) is 23.8 Å². The second-order valence-corrected chi connectivity index (χ2v) is 8.09. The maximum atomic E-state index is 12.1. The molecular weight excluding hydrogens is 386 g/mol. The molecule has 0 amide bonds. The molecule has 0 saturated heterocycles. The molecule has 0 aliphatic carbocycles. The Labute approximate surface area is 166 Å². The van der Waals surface area contributed by atoms with Crippen LogP contribution in [0.4, 0.5) is 0 Å². The Kier molecular flexibility index (Phi) is 5.96. The minimum absolute atomic E-state index is 0.114. The van der Waals surface area contributed by atoms with Crippen LogP contribution in [0.1, 0.15) is 17.0 Å². The van der Waals surface area contributed by atoms with Crippen molar-refractivity contribution in [2.75, 3.05) is 7.05 Å². The standard InChI is InChI=1S/C19H18ClN3OS2/c1-12-21-17-8-5-14(9-16(17)18(24)22-12)10-23(2)19(25)26-11-13-3-6-15(20)7-4-13/h3-9H,10-11H2,1-2H3,(H,21,22,24). The highest BCUT2D eigenvalue weighted by atomic mass is 35.5. The van der Waals surface area contributed by atoms with Gasteiger partial charge in [-0.2, -0.15) is 0 Å². The molecule has 0 unspecified atom stereocenters. The molecule has 134 valence electrons. The number of nitrogens with zero attached hydrogens (tertiary/aromatic N) is 2. The summed E-state index contributed by atoms with van der Waals surface area (Å²) in [5.74, 6) is 1.41. The first-order chi connectivity index (χ1) is 12.4. The van der Waals surface area contributed by atoms with Gasteiger partial charge in [-0.1, -0.05) is 53.8 Å². The average Bonchev–Trinajstić information content (AvgIpc) is 2.61. The van der Waals surface area contributed by atoms with Gasteiger partial charge in [0.1, 0.15) is 10.1 Å². The second-order valence-electron chi connectivity index (χ2n) is 6.04. The minimum Gasteiger partial charge on any atom is -0.356 e. The Morgan fingerprint density at radius 3 is 2.65 bits per heavy atom. The molecule has 1 heterocycles. The number of aryl methyl sites for hydroxylation is 1. The average molecular weight is 404 g/mol. The summed E-state index contributed by atoms with van der Waals surface area (Å²) in [5.41, 5.74) is 2.79. The molecule has 4 nitrogen and oxygen atoms in total. The van der Waals surface area contributed by atoms with Gasteiger partial charge < -0.3 is 9.88 Å². The molecule has 3 rings (SSSR count). The number of aromatic nitrogens is 2. The molecule has 0 aliphatic rings. The number of hydrogen-bond donors (Lipinski definition) is 1. The van der Waals surface area contributed by atoms with Gasteiger partial charge in [0, 0.05) is 24.4 Å². The molecule has 0 aliphatic heterocycles. The zero-order chi connectivity index (χ0) is 18.7. The number of halogens is 1. The van der Waals surface area contributed by atoms with Crippen LogP contribution >= 0.6 is 35.6 Å². The number of thioether (sulfide) groups is 1. The Morgan fingerprint density at radius 2 is 1.92 bits per heavy atom. The third kappa shape index (κ3) is 4.63. The maximum absolute atomic E-state index is 12.1. The molecule has 0 fully saturated rings. The lowest BCUT2D eigenvalue weighted by atomic mass is 10.1. The van der Waals surface area contributed by atoms with E-state index in [1.807, 2.05) is 54.4 Å². The summed E-state index contributed by atoms with van der Waals surface area (Å²) in [6, 6.07) is 13.5. The van der Waals surface area contributed by atoms with Crippen molar-refractivity contribution < 1.29 is 0 Å². The highest BCUT2D eigenvalue weighted by Crippen LogP contribution is 2.20. The van der Waals surface area contributed by atoms with Crippen LogP contribution in [0.5, 0.6) is 0 Å². The number of aromatic amines is 1. The maximum Gasteiger partial charge on any atom is 0.258 e. The van der Waals surface area contributed by atoms with Crippen LogP contribution in [-0.2, 0) is 12.3 Å². The lowest BCUT2D eigenvalue weighted by Gasteiger charge is -2.19. The zero-order valence-electron chi connectivity index (χ0n) is 14.5. The molecule has 3 aromatic rings. The van der Waals surface area contributed by atoms with Crippen LogP contribution in [0.2, 0.25) is 5.02 Å². The normalized spacial score (nSPS) is 10.9. The van der Waals surface area contributed by atoms with Gasteiger partial charge in [-0.15, -0.1) is 0 Å². The Balaban J connectivity index is 1.66. The molecule has 7 heteroatoms. The number of H-pyrrole nitrogens is 1. The largest absolute Gasteiger partial charge is 0.356 e. The third-order valence-corrected chi connectivity index (χ3v) is 5.85. The van der Waals surface area contributed by atoms with Gasteiger partial charge in [-0.3, -0.25) is 4.79 Å². The molecule has 1 N–H and O–H groups in total. The first kappa shape index (κ1) is 18.9.